The van der Waals surface area contributed by atoms with Crippen LogP contribution in [0.5, 0.6) is 5.75 Å². The summed E-state index contributed by atoms with van der Waals surface area (Å²) in [6, 6.07) is 14.3. The van der Waals surface area contributed by atoms with Gasteiger partial charge in [-0.05, 0) is 18.2 Å². The fraction of sp³-hybridized carbons (Fsp3) is 0.136. The van der Waals surface area contributed by atoms with Crippen LogP contribution in [0.4, 0.5) is 0 Å². The molecule has 4 aromatic rings. The molecule has 0 aliphatic rings. The van der Waals surface area contributed by atoms with Gasteiger partial charge in [0.25, 0.3) is 11.5 Å². The molecule has 0 aliphatic carbocycles. The van der Waals surface area contributed by atoms with Crippen molar-refractivity contribution in [3.8, 4) is 11.4 Å². The topological polar surface area (TPSA) is 89.0 Å². The van der Waals surface area contributed by atoms with Crippen LogP contribution in [0.1, 0.15) is 16.1 Å². The molecule has 0 spiro atoms. The van der Waals surface area contributed by atoms with Crippen LogP contribution in [0.3, 0.4) is 0 Å². The number of fused-ring (bicyclic) bond motifs is 1. The molecular formula is C22H20N4O3. The lowest BCUT2D eigenvalue weighted by Gasteiger charge is -2.14. The molecule has 4 rings (SSSR count). The first-order chi connectivity index (χ1) is 14.2. The average Bonchev–Trinajstić information content (AvgIpc) is 3.27. The number of hydrogen-bond acceptors (Lipinski definition) is 4. The SMILES string of the molecule is COc1ccccc1-n1cc(C(=O)NCCc2cnc[nH]2)c2ccccc2c1=O. The number of hydrogen-bond donors (Lipinski definition) is 2. The molecule has 7 nitrogen and oxygen atoms in total. The predicted molar refractivity (Wildman–Crippen MR) is 111 cm³/mol. The largest absolute Gasteiger partial charge is 0.495 e. The summed E-state index contributed by atoms with van der Waals surface area (Å²) in [6.45, 7) is 0.448. The Morgan fingerprint density at radius 1 is 1.14 bits per heavy atom. The molecule has 29 heavy (non-hydrogen) atoms. The van der Waals surface area contributed by atoms with E-state index in [0.717, 1.165) is 5.69 Å². The zero-order chi connectivity index (χ0) is 20.2. The lowest BCUT2D eigenvalue weighted by Crippen LogP contribution is -2.28. The Hall–Kier alpha value is -3.87. The Balaban J connectivity index is 1.76. The first-order valence-corrected chi connectivity index (χ1v) is 9.22. The van der Waals surface area contributed by atoms with Gasteiger partial charge in [0.05, 0.1) is 24.7 Å². The van der Waals surface area contributed by atoms with Gasteiger partial charge in [0.1, 0.15) is 5.75 Å². The number of carbonyl (C=O) groups is 1. The van der Waals surface area contributed by atoms with E-state index in [2.05, 4.69) is 15.3 Å². The molecule has 1 amide bonds. The van der Waals surface area contributed by atoms with Gasteiger partial charge in [0.15, 0.2) is 0 Å². The van der Waals surface area contributed by atoms with Crippen LogP contribution < -0.4 is 15.6 Å². The molecule has 2 aromatic carbocycles. The van der Waals surface area contributed by atoms with E-state index in [-0.39, 0.29) is 11.5 Å². The number of benzene rings is 2. The highest BCUT2D eigenvalue weighted by Crippen LogP contribution is 2.23. The maximum atomic E-state index is 13.1. The number of nitrogens with zero attached hydrogens (tertiary/aromatic N) is 2. The van der Waals surface area contributed by atoms with Crippen LogP contribution in [0, 0.1) is 0 Å². The molecule has 0 aliphatic heterocycles. The Bertz CT molecular complexity index is 1210. The quantitative estimate of drug-likeness (QED) is 0.532. The monoisotopic (exact) mass is 388 g/mol. The number of nitrogens with one attached hydrogen (secondary N) is 2. The number of methoxy groups -OCH3 is 1. The van der Waals surface area contributed by atoms with E-state index >= 15 is 0 Å². The molecule has 0 saturated heterocycles. The summed E-state index contributed by atoms with van der Waals surface area (Å²) in [5.41, 5.74) is 1.74. The molecule has 0 bridgehead atoms. The van der Waals surface area contributed by atoms with Crippen molar-refractivity contribution in [2.24, 2.45) is 0 Å². The second kappa shape index (κ2) is 8.02. The second-order valence-electron chi connectivity index (χ2n) is 6.52. The lowest BCUT2D eigenvalue weighted by molar-refractivity contribution is 0.0955. The molecule has 7 heteroatoms. The van der Waals surface area contributed by atoms with Gasteiger partial charge in [-0.3, -0.25) is 14.2 Å². The highest BCUT2D eigenvalue weighted by Gasteiger charge is 2.17. The third-order valence-corrected chi connectivity index (χ3v) is 4.75. The number of ether oxygens (including phenoxy) is 1. The number of amides is 1. The molecule has 2 aromatic heterocycles. The van der Waals surface area contributed by atoms with Gasteiger partial charge in [0.2, 0.25) is 0 Å². The number of aromatic amines is 1. The highest BCUT2D eigenvalue weighted by atomic mass is 16.5. The minimum Gasteiger partial charge on any atom is -0.495 e. The summed E-state index contributed by atoms with van der Waals surface area (Å²) in [5.74, 6) is 0.305. The van der Waals surface area contributed by atoms with Crippen molar-refractivity contribution in [2.75, 3.05) is 13.7 Å². The first-order valence-electron chi connectivity index (χ1n) is 9.22. The standard InChI is InChI=1S/C22H20N4O3/c1-29-20-9-5-4-8-19(20)26-13-18(16-6-2-3-7-17(16)22(26)28)21(27)24-11-10-15-12-23-14-25-15/h2-9,12-14H,10-11H2,1H3,(H,23,25)(H,24,27). The molecule has 0 fully saturated rings. The smallest absolute Gasteiger partial charge is 0.263 e. The van der Waals surface area contributed by atoms with Crippen molar-refractivity contribution < 1.29 is 9.53 Å². The fourth-order valence-corrected chi connectivity index (χ4v) is 3.31. The van der Waals surface area contributed by atoms with Crippen molar-refractivity contribution in [1.29, 1.82) is 0 Å². The van der Waals surface area contributed by atoms with Gasteiger partial charge in [-0.15, -0.1) is 0 Å². The average molecular weight is 388 g/mol. The summed E-state index contributed by atoms with van der Waals surface area (Å²) >= 11 is 0. The van der Waals surface area contributed by atoms with E-state index in [9.17, 15) is 9.59 Å². The third kappa shape index (κ3) is 3.62. The Morgan fingerprint density at radius 3 is 2.66 bits per heavy atom. The summed E-state index contributed by atoms with van der Waals surface area (Å²) in [7, 11) is 1.55. The summed E-state index contributed by atoms with van der Waals surface area (Å²) in [4.78, 5) is 33.0. The molecule has 146 valence electrons. The molecule has 2 heterocycles. The Labute approximate surface area is 167 Å². The summed E-state index contributed by atoms with van der Waals surface area (Å²) < 4.78 is 6.87. The zero-order valence-electron chi connectivity index (χ0n) is 15.9. The van der Waals surface area contributed by atoms with E-state index < -0.39 is 0 Å². The first kappa shape index (κ1) is 18.5. The molecule has 0 atom stereocenters. The highest BCUT2D eigenvalue weighted by molar-refractivity contribution is 6.06. The maximum Gasteiger partial charge on any atom is 0.263 e. The summed E-state index contributed by atoms with van der Waals surface area (Å²) in [5, 5.41) is 4.01. The van der Waals surface area contributed by atoms with Crippen LogP contribution in [-0.4, -0.2) is 34.1 Å². The van der Waals surface area contributed by atoms with Crippen molar-refractivity contribution in [1.82, 2.24) is 19.9 Å². The van der Waals surface area contributed by atoms with Crippen LogP contribution >= 0.6 is 0 Å². The number of H-pyrrole nitrogens is 1. The summed E-state index contributed by atoms with van der Waals surface area (Å²) in [6.07, 6.45) is 5.54. The van der Waals surface area contributed by atoms with Crippen LogP contribution in [0.2, 0.25) is 0 Å². The minimum atomic E-state index is -0.246. The molecule has 0 saturated carbocycles. The second-order valence-corrected chi connectivity index (χ2v) is 6.52. The van der Waals surface area contributed by atoms with Gasteiger partial charge >= 0.3 is 0 Å². The van der Waals surface area contributed by atoms with Crippen molar-refractivity contribution in [3.63, 3.8) is 0 Å². The Kier molecular flexibility index (Phi) is 5.11. The van der Waals surface area contributed by atoms with Gasteiger partial charge in [-0.25, -0.2) is 4.98 Å². The third-order valence-electron chi connectivity index (χ3n) is 4.75. The van der Waals surface area contributed by atoms with Crippen molar-refractivity contribution in [3.05, 3.63) is 88.9 Å². The van der Waals surface area contributed by atoms with E-state index in [1.54, 1.807) is 56.2 Å². The van der Waals surface area contributed by atoms with Crippen LogP contribution in [0.25, 0.3) is 16.5 Å². The minimum absolute atomic E-state index is 0.209. The van der Waals surface area contributed by atoms with Crippen molar-refractivity contribution >= 4 is 16.7 Å². The molecule has 2 N–H and O–H groups in total. The van der Waals surface area contributed by atoms with Gasteiger partial charge < -0.3 is 15.0 Å². The van der Waals surface area contributed by atoms with E-state index in [4.69, 9.17) is 4.74 Å². The van der Waals surface area contributed by atoms with E-state index in [1.807, 2.05) is 18.2 Å². The number of pyridine rings is 1. The number of imidazole rings is 1. The van der Waals surface area contributed by atoms with E-state index in [1.165, 1.54) is 4.57 Å². The zero-order valence-corrected chi connectivity index (χ0v) is 15.9. The lowest BCUT2D eigenvalue weighted by atomic mass is 10.1. The fourth-order valence-electron chi connectivity index (χ4n) is 3.31. The number of carbonyl (C=O) groups excluding carboxylic acids is 1. The number of para-hydroxylation sites is 2. The maximum absolute atomic E-state index is 13.1. The molecule has 0 radical (unpaired) electrons. The van der Waals surface area contributed by atoms with Gasteiger partial charge in [-0.2, -0.15) is 0 Å². The van der Waals surface area contributed by atoms with Crippen LogP contribution in [-0.2, 0) is 6.42 Å². The normalized spacial score (nSPS) is 10.8. The van der Waals surface area contributed by atoms with Crippen LogP contribution in [0.15, 0.2) is 72.0 Å². The Morgan fingerprint density at radius 2 is 1.90 bits per heavy atom. The van der Waals surface area contributed by atoms with Gasteiger partial charge in [0, 0.05) is 41.8 Å². The van der Waals surface area contributed by atoms with E-state index in [0.29, 0.717) is 40.7 Å². The predicted octanol–water partition coefficient (Wildman–Crippen LogP) is 2.69. The number of rotatable bonds is 6. The molecular weight excluding hydrogens is 368 g/mol. The molecule has 0 unspecified atom stereocenters. The van der Waals surface area contributed by atoms with Gasteiger partial charge in [-0.1, -0.05) is 30.3 Å². The van der Waals surface area contributed by atoms with Crippen molar-refractivity contribution in [2.45, 2.75) is 6.42 Å². The number of aromatic nitrogens is 3.